The number of aromatic nitrogens is 2. The van der Waals surface area contributed by atoms with Gasteiger partial charge in [0.25, 0.3) is 5.56 Å². The molecule has 4 rings (SSSR count). The molecular weight excluding hydrogens is 402 g/mol. The highest BCUT2D eigenvalue weighted by Crippen LogP contribution is 2.38. The van der Waals surface area contributed by atoms with Crippen LogP contribution < -0.4 is 15.0 Å². The van der Waals surface area contributed by atoms with E-state index in [0.29, 0.717) is 28.3 Å². The summed E-state index contributed by atoms with van der Waals surface area (Å²) >= 11 is 0. The SMILES string of the molecule is CCS(=O)(=O)Nc1ccc(Oc2ccccc2)c(-c2cn(C)c(=O)c3[nH]ccc23)c1. The van der Waals surface area contributed by atoms with Crippen LogP contribution in [0.5, 0.6) is 11.5 Å². The summed E-state index contributed by atoms with van der Waals surface area (Å²) in [5, 5.41) is 0.728. The molecule has 0 aliphatic carbocycles. The van der Waals surface area contributed by atoms with Crippen LogP contribution in [-0.2, 0) is 17.1 Å². The predicted molar refractivity (Wildman–Crippen MR) is 119 cm³/mol. The van der Waals surface area contributed by atoms with Crippen molar-refractivity contribution in [3.63, 3.8) is 0 Å². The quantitative estimate of drug-likeness (QED) is 0.489. The van der Waals surface area contributed by atoms with Crippen LogP contribution in [0.1, 0.15) is 6.92 Å². The first-order valence-corrected chi connectivity index (χ1v) is 11.1. The highest BCUT2D eigenvalue weighted by molar-refractivity contribution is 7.92. The number of para-hydroxylation sites is 1. The lowest BCUT2D eigenvalue weighted by Gasteiger charge is -2.15. The molecule has 0 aliphatic rings. The van der Waals surface area contributed by atoms with Crippen molar-refractivity contribution < 1.29 is 13.2 Å². The van der Waals surface area contributed by atoms with Crippen molar-refractivity contribution in [2.75, 3.05) is 10.5 Å². The van der Waals surface area contributed by atoms with Gasteiger partial charge in [-0.1, -0.05) is 18.2 Å². The molecule has 8 heteroatoms. The standard InChI is InChI=1S/C22H21N3O4S/c1-3-30(27,28)24-15-9-10-20(29-16-7-5-4-6-8-16)18(13-15)19-14-25(2)22(26)21-17(19)11-12-23-21/h4-14,23-24H,3H2,1-2H3. The maximum Gasteiger partial charge on any atom is 0.274 e. The summed E-state index contributed by atoms with van der Waals surface area (Å²) in [6.07, 6.45) is 3.43. The number of hydrogen-bond acceptors (Lipinski definition) is 4. The number of pyridine rings is 1. The molecule has 0 amide bonds. The van der Waals surface area contributed by atoms with Crippen LogP contribution in [0.3, 0.4) is 0 Å². The number of ether oxygens (including phenoxy) is 1. The van der Waals surface area contributed by atoms with Gasteiger partial charge in [-0.25, -0.2) is 8.42 Å². The Hall–Kier alpha value is -3.52. The van der Waals surface area contributed by atoms with Gasteiger partial charge in [0.05, 0.1) is 5.75 Å². The van der Waals surface area contributed by atoms with Crippen LogP contribution in [-0.4, -0.2) is 23.7 Å². The van der Waals surface area contributed by atoms with Gasteiger partial charge in [-0.2, -0.15) is 0 Å². The van der Waals surface area contributed by atoms with E-state index in [1.54, 1.807) is 44.6 Å². The van der Waals surface area contributed by atoms with E-state index in [2.05, 4.69) is 9.71 Å². The average molecular weight is 423 g/mol. The van der Waals surface area contributed by atoms with Crippen molar-refractivity contribution >= 4 is 26.6 Å². The average Bonchev–Trinajstić information content (AvgIpc) is 3.23. The van der Waals surface area contributed by atoms with Crippen molar-refractivity contribution in [3.05, 3.63) is 77.3 Å². The summed E-state index contributed by atoms with van der Waals surface area (Å²) < 4.78 is 34.3. The maximum atomic E-state index is 12.5. The van der Waals surface area contributed by atoms with Crippen molar-refractivity contribution in [3.8, 4) is 22.6 Å². The van der Waals surface area contributed by atoms with Crippen molar-refractivity contribution in [2.24, 2.45) is 7.05 Å². The first kappa shape index (κ1) is 19.8. The number of aromatic amines is 1. The number of fused-ring (bicyclic) bond motifs is 1. The number of rotatable bonds is 6. The zero-order valence-electron chi connectivity index (χ0n) is 16.5. The highest BCUT2D eigenvalue weighted by Gasteiger charge is 2.17. The van der Waals surface area contributed by atoms with E-state index < -0.39 is 10.0 Å². The van der Waals surface area contributed by atoms with Gasteiger partial charge < -0.3 is 14.3 Å². The minimum Gasteiger partial charge on any atom is -0.457 e. The Bertz CT molecular complexity index is 1370. The second kappa shape index (κ2) is 7.72. The summed E-state index contributed by atoms with van der Waals surface area (Å²) in [6.45, 7) is 1.58. The molecule has 0 bridgehead atoms. The van der Waals surface area contributed by atoms with E-state index >= 15 is 0 Å². The Morgan fingerprint density at radius 2 is 1.83 bits per heavy atom. The van der Waals surface area contributed by atoms with E-state index in [1.807, 2.05) is 36.4 Å². The molecule has 0 radical (unpaired) electrons. The zero-order valence-corrected chi connectivity index (χ0v) is 17.4. The summed E-state index contributed by atoms with van der Waals surface area (Å²) in [5.41, 5.74) is 2.16. The third-order valence-corrected chi connectivity index (χ3v) is 6.10. The fraction of sp³-hybridized carbons (Fsp3) is 0.136. The minimum absolute atomic E-state index is 0.0352. The van der Waals surface area contributed by atoms with Crippen molar-refractivity contribution in [2.45, 2.75) is 6.92 Å². The minimum atomic E-state index is -3.44. The molecule has 0 fully saturated rings. The van der Waals surface area contributed by atoms with Crippen LogP contribution in [0.2, 0.25) is 0 Å². The number of nitrogens with one attached hydrogen (secondary N) is 2. The van der Waals surface area contributed by atoms with Gasteiger partial charge in [-0.3, -0.25) is 9.52 Å². The lowest BCUT2D eigenvalue weighted by molar-refractivity contribution is 0.484. The number of nitrogens with zero attached hydrogens (tertiary/aromatic N) is 1. The van der Waals surface area contributed by atoms with Crippen LogP contribution in [0, 0.1) is 0 Å². The van der Waals surface area contributed by atoms with Gasteiger partial charge in [0.1, 0.15) is 17.0 Å². The van der Waals surface area contributed by atoms with Gasteiger partial charge in [-0.05, 0) is 43.3 Å². The Kier molecular flexibility index (Phi) is 5.09. The molecule has 154 valence electrons. The molecule has 2 heterocycles. The van der Waals surface area contributed by atoms with E-state index in [-0.39, 0.29) is 11.3 Å². The second-order valence-corrected chi connectivity index (χ2v) is 8.87. The monoisotopic (exact) mass is 423 g/mol. The third kappa shape index (κ3) is 3.81. The van der Waals surface area contributed by atoms with Crippen LogP contribution in [0.25, 0.3) is 22.0 Å². The Morgan fingerprint density at radius 1 is 1.07 bits per heavy atom. The smallest absolute Gasteiger partial charge is 0.274 e. The molecule has 0 saturated heterocycles. The molecule has 4 aromatic rings. The Labute approximate surface area is 174 Å². The van der Waals surface area contributed by atoms with E-state index in [4.69, 9.17) is 4.74 Å². The summed E-state index contributed by atoms with van der Waals surface area (Å²) in [5.74, 6) is 1.16. The first-order valence-electron chi connectivity index (χ1n) is 9.42. The largest absolute Gasteiger partial charge is 0.457 e. The third-order valence-electron chi connectivity index (χ3n) is 4.79. The predicted octanol–water partition coefficient (Wildman–Crippen LogP) is 4.09. The number of hydrogen-bond donors (Lipinski definition) is 2. The first-order chi connectivity index (χ1) is 14.4. The molecular formula is C22H21N3O4S. The second-order valence-electron chi connectivity index (χ2n) is 6.86. The number of sulfonamides is 1. The molecule has 0 spiro atoms. The molecule has 7 nitrogen and oxygen atoms in total. The van der Waals surface area contributed by atoms with Crippen LogP contribution in [0.4, 0.5) is 5.69 Å². The number of H-pyrrole nitrogens is 1. The molecule has 0 atom stereocenters. The lowest BCUT2D eigenvalue weighted by atomic mass is 10.0. The van der Waals surface area contributed by atoms with Gasteiger partial charge in [0.15, 0.2) is 0 Å². The molecule has 2 aromatic heterocycles. The molecule has 30 heavy (non-hydrogen) atoms. The number of anilines is 1. The number of benzene rings is 2. The summed E-state index contributed by atoms with van der Waals surface area (Å²) in [4.78, 5) is 15.4. The molecule has 2 aromatic carbocycles. The van der Waals surface area contributed by atoms with Crippen LogP contribution in [0.15, 0.2) is 71.8 Å². The Balaban J connectivity index is 1.92. The maximum absolute atomic E-state index is 12.5. The summed E-state index contributed by atoms with van der Waals surface area (Å²) in [6, 6.07) is 16.2. The van der Waals surface area contributed by atoms with Gasteiger partial charge in [0.2, 0.25) is 10.0 Å². The molecule has 0 saturated carbocycles. The molecule has 2 N–H and O–H groups in total. The number of aryl methyl sites for hydroxylation is 1. The van der Waals surface area contributed by atoms with Crippen molar-refractivity contribution in [1.82, 2.24) is 9.55 Å². The topological polar surface area (TPSA) is 93.2 Å². The van der Waals surface area contributed by atoms with E-state index in [9.17, 15) is 13.2 Å². The van der Waals surface area contributed by atoms with Crippen molar-refractivity contribution in [1.29, 1.82) is 0 Å². The van der Waals surface area contributed by atoms with E-state index in [1.165, 1.54) is 4.57 Å². The fourth-order valence-corrected chi connectivity index (χ4v) is 3.87. The van der Waals surface area contributed by atoms with Crippen LogP contribution >= 0.6 is 0 Å². The van der Waals surface area contributed by atoms with Gasteiger partial charge >= 0.3 is 0 Å². The summed E-state index contributed by atoms with van der Waals surface area (Å²) in [7, 11) is -1.77. The zero-order chi connectivity index (χ0) is 21.3. The highest BCUT2D eigenvalue weighted by atomic mass is 32.2. The normalized spacial score (nSPS) is 11.5. The van der Waals surface area contributed by atoms with Gasteiger partial charge in [-0.15, -0.1) is 0 Å². The Morgan fingerprint density at radius 3 is 2.57 bits per heavy atom. The van der Waals surface area contributed by atoms with E-state index in [0.717, 1.165) is 10.9 Å². The lowest BCUT2D eigenvalue weighted by Crippen LogP contribution is -2.17. The fourth-order valence-electron chi connectivity index (χ4n) is 3.24. The molecule has 0 unspecified atom stereocenters. The van der Waals surface area contributed by atoms with Gasteiger partial charge in [0, 0.05) is 41.6 Å². The molecule has 0 aliphatic heterocycles.